The molecule has 33 heavy (non-hydrogen) atoms. The summed E-state index contributed by atoms with van der Waals surface area (Å²) in [5.74, 6) is -0.495. The highest BCUT2D eigenvalue weighted by Gasteiger charge is 2.41. The highest BCUT2D eigenvalue weighted by atomic mass is 35.5. The topological polar surface area (TPSA) is 64.4 Å². The fourth-order valence-electron chi connectivity index (χ4n) is 4.13. The molecule has 2 saturated heterocycles. The highest BCUT2D eigenvalue weighted by molar-refractivity contribution is 8.05. The van der Waals surface area contributed by atoms with Gasteiger partial charge in [0.2, 0.25) is 5.91 Å². The number of hydrogen-bond donors (Lipinski definition) is 0. The highest BCUT2D eigenvalue weighted by Crippen LogP contribution is 2.43. The Hall–Kier alpha value is -2.46. The number of carbonyl (C=O) groups excluding carboxylic acids is 2. The summed E-state index contributed by atoms with van der Waals surface area (Å²) in [5, 5.41) is 10.7. The quantitative estimate of drug-likeness (QED) is 0.392. The van der Waals surface area contributed by atoms with Gasteiger partial charge in [0.25, 0.3) is 5.91 Å². The second-order valence-corrected chi connectivity index (χ2v) is 10.0. The number of likely N-dealkylation sites (tertiary alicyclic amines) is 1. The van der Waals surface area contributed by atoms with Gasteiger partial charge in [-0.2, -0.15) is 5.26 Å². The van der Waals surface area contributed by atoms with Gasteiger partial charge < -0.3 is 4.90 Å². The fourth-order valence-corrected chi connectivity index (χ4v) is 5.82. The van der Waals surface area contributed by atoms with E-state index in [2.05, 4.69) is 6.07 Å². The van der Waals surface area contributed by atoms with Crippen LogP contribution in [-0.4, -0.2) is 35.1 Å². The molecule has 5 nitrogen and oxygen atoms in total. The first-order valence-corrected chi connectivity index (χ1v) is 12.6. The lowest BCUT2D eigenvalue weighted by Crippen LogP contribution is -2.35. The van der Waals surface area contributed by atoms with Crippen LogP contribution in [0.15, 0.2) is 59.1 Å². The number of amides is 2. The van der Waals surface area contributed by atoms with Gasteiger partial charge in [0.1, 0.15) is 16.7 Å². The molecule has 2 aromatic rings. The number of rotatable bonds is 4. The predicted molar refractivity (Wildman–Crippen MR) is 133 cm³/mol. The van der Waals surface area contributed by atoms with Crippen molar-refractivity contribution in [3.8, 4) is 6.07 Å². The molecule has 0 unspecified atom stereocenters. The van der Waals surface area contributed by atoms with Crippen LogP contribution in [0.3, 0.4) is 0 Å². The average molecular weight is 500 g/mol. The third kappa shape index (κ3) is 5.06. The van der Waals surface area contributed by atoms with Crippen LogP contribution in [0.5, 0.6) is 0 Å². The van der Waals surface area contributed by atoms with Crippen molar-refractivity contribution in [1.82, 2.24) is 4.90 Å². The third-order valence-corrected chi connectivity index (χ3v) is 7.96. The zero-order valence-corrected chi connectivity index (χ0v) is 20.3. The molecule has 2 heterocycles. The van der Waals surface area contributed by atoms with Crippen LogP contribution in [-0.2, 0) is 16.0 Å². The summed E-state index contributed by atoms with van der Waals surface area (Å²) in [6, 6.07) is 16.6. The summed E-state index contributed by atoms with van der Waals surface area (Å²) < 4.78 is 0. The van der Waals surface area contributed by atoms with Crippen molar-refractivity contribution in [2.75, 3.05) is 18.0 Å². The molecule has 170 valence electrons. The molecular weight excluding hydrogens is 477 g/mol. The van der Waals surface area contributed by atoms with E-state index in [-0.39, 0.29) is 17.4 Å². The van der Waals surface area contributed by atoms with Crippen LogP contribution in [0, 0.1) is 11.3 Å². The van der Waals surface area contributed by atoms with E-state index in [0.717, 1.165) is 31.2 Å². The molecule has 2 amide bonds. The van der Waals surface area contributed by atoms with Crippen molar-refractivity contribution < 1.29 is 9.59 Å². The Balaban J connectivity index is 1.73. The minimum atomic E-state index is -0.531. The second-order valence-electron chi connectivity index (χ2n) is 8.03. The van der Waals surface area contributed by atoms with Gasteiger partial charge in [-0.1, -0.05) is 78.1 Å². The van der Waals surface area contributed by atoms with Gasteiger partial charge in [-0.3, -0.25) is 14.5 Å². The number of nitriles is 1. The molecular formula is C25H23Cl2N3O2S. The minimum Gasteiger partial charge on any atom is -0.338 e. The van der Waals surface area contributed by atoms with Crippen molar-refractivity contribution in [2.45, 2.75) is 37.4 Å². The first-order valence-electron chi connectivity index (χ1n) is 10.9. The Bertz CT molecular complexity index is 1120. The van der Waals surface area contributed by atoms with Crippen LogP contribution in [0.2, 0.25) is 10.0 Å². The SMILES string of the molecule is N#C/C(C(=O)N1CCCCCC1)=C1\S[C@H](Cc2cccc(Cl)c2Cl)C(=O)N1c1ccccc1. The first-order chi connectivity index (χ1) is 16.0. The minimum absolute atomic E-state index is 0.0128. The molecule has 8 heteroatoms. The van der Waals surface area contributed by atoms with E-state index in [0.29, 0.717) is 40.3 Å². The van der Waals surface area contributed by atoms with Gasteiger partial charge in [-0.15, -0.1) is 0 Å². The molecule has 2 aromatic carbocycles. The maximum absolute atomic E-state index is 13.6. The Morgan fingerprint density at radius 1 is 1.03 bits per heavy atom. The van der Waals surface area contributed by atoms with Gasteiger partial charge in [0.05, 0.1) is 15.3 Å². The van der Waals surface area contributed by atoms with Gasteiger partial charge >= 0.3 is 0 Å². The van der Waals surface area contributed by atoms with E-state index in [9.17, 15) is 14.9 Å². The standard InChI is InChI=1S/C25H23Cl2N3O2S/c26-20-12-8-9-17(22(20)27)15-21-24(32)30(18-10-4-3-5-11-18)25(33-21)19(16-28)23(31)29-13-6-1-2-7-14-29/h3-5,8-12,21H,1-2,6-7,13-15H2/b25-19+/t21-/m1/s1. The van der Waals surface area contributed by atoms with Crippen LogP contribution < -0.4 is 4.90 Å². The zero-order chi connectivity index (χ0) is 23.4. The summed E-state index contributed by atoms with van der Waals surface area (Å²) in [6.07, 6.45) is 4.34. The van der Waals surface area contributed by atoms with Crippen LogP contribution in [0.25, 0.3) is 0 Å². The summed E-state index contributed by atoms with van der Waals surface area (Å²) in [5.41, 5.74) is 1.39. The lowest BCUT2D eigenvalue weighted by Gasteiger charge is -2.23. The maximum atomic E-state index is 13.6. The number of anilines is 1. The predicted octanol–water partition coefficient (Wildman–Crippen LogP) is 5.82. The van der Waals surface area contributed by atoms with Crippen molar-refractivity contribution in [3.63, 3.8) is 0 Å². The van der Waals surface area contributed by atoms with Gasteiger partial charge in [-0.25, -0.2) is 0 Å². The molecule has 0 bridgehead atoms. The second kappa shape index (κ2) is 10.6. The monoisotopic (exact) mass is 499 g/mol. The number of carbonyl (C=O) groups is 2. The van der Waals surface area contributed by atoms with E-state index in [1.54, 1.807) is 29.2 Å². The van der Waals surface area contributed by atoms with E-state index in [1.165, 1.54) is 16.7 Å². The summed E-state index contributed by atoms with van der Waals surface area (Å²) in [7, 11) is 0. The summed E-state index contributed by atoms with van der Waals surface area (Å²) >= 11 is 13.8. The van der Waals surface area contributed by atoms with Crippen LogP contribution in [0.4, 0.5) is 5.69 Å². The number of thioether (sulfide) groups is 1. The molecule has 0 saturated carbocycles. The zero-order valence-electron chi connectivity index (χ0n) is 18.0. The molecule has 2 aliphatic heterocycles. The summed E-state index contributed by atoms with van der Waals surface area (Å²) in [4.78, 5) is 30.2. The molecule has 4 rings (SSSR count). The van der Waals surface area contributed by atoms with Crippen molar-refractivity contribution >= 4 is 52.5 Å². The van der Waals surface area contributed by atoms with Crippen LogP contribution >= 0.6 is 35.0 Å². The van der Waals surface area contributed by atoms with E-state index >= 15 is 0 Å². The number of para-hydroxylation sites is 1. The Labute approximate surface area is 207 Å². The number of benzene rings is 2. The Kier molecular flexibility index (Phi) is 7.64. The van der Waals surface area contributed by atoms with Crippen molar-refractivity contribution in [2.24, 2.45) is 0 Å². The van der Waals surface area contributed by atoms with Gasteiger partial charge in [-0.05, 0) is 43.0 Å². The normalized spacial score (nSPS) is 20.4. The fraction of sp³-hybridized carbons (Fsp3) is 0.320. The molecule has 0 spiro atoms. The van der Waals surface area contributed by atoms with E-state index in [4.69, 9.17) is 23.2 Å². The third-order valence-electron chi connectivity index (χ3n) is 5.84. The van der Waals surface area contributed by atoms with Gasteiger partial charge in [0, 0.05) is 18.8 Å². The molecule has 0 aromatic heterocycles. The maximum Gasteiger partial charge on any atom is 0.267 e. The Morgan fingerprint density at radius 2 is 1.73 bits per heavy atom. The lowest BCUT2D eigenvalue weighted by atomic mass is 10.1. The van der Waals surface area contributed by atoms with E-state index < -0.39 is 5.25 Å². The molecule has 0 aliphatic carbocycles. The van der Waals surface area contributed by atoms with Crippen LogP contribution in [0.1, 0.15) is 31.2 Å². The summed E-state index contributed by atoms with van der Waals surface area (Å²) in [6.45, 7) is 1.26. The molecule has 0 N–H and O–H groups in total. The Morgan fingerprint density at radius 3 is 2.39 bits per heavy atom. The van der Waals surface area contributed by atoms with Crippen molar-refractivity contribution in [3.05, 3.63) is 74.7 Å². The van der Waals surface area contributed by atoms with Gasteiger partial charge in [0.15, 0.2) is 0 Å². The molecule has 2 aliphatic rings. The molecule has 2 fully saturated rings. The lowest BCUT2D eigenvalue weighted by molar-refractivity contribution is -0.126. The van der Waals surface area contributed by atoms with E-state index in [1.807, 2.05) is 24.3 Å². The smallest absolute Gasteiger partial charge is 0.267 e. The first kappa shape index (κ1) is 23.7. The largest absolute Gasteiger partial charge is 0.338 e. The molecule has 1 atom stereocenters. The number of hydrogen-bond acceptors (Lipinski definition) is 4. The molecule has 0 radical (unpaired) electrons. The average Bonchev–Trinajstić information content (AvgIpc) is 2.98. The van der Waals surface area contributed by atoms with Crippen molar-refractivity contribution in [1.29, 1.82) is 5.26 Å². The number of nitrogens with zero attached hydrogens (tertiary/aromatic N) is 3. The number of halogens is 2.